The number of hydrogen-bond donors (Lipinski definition) is 1. The van der Waals surface area contributed by atoms with E-state index in [1.54, 1.807) is 17.0 Å². The summed E-state index contributed by atoms with van der Waals surface area (Å²) in [6.45, 7) is 4.24. The van der Waals surface area contributed by atoms with Gasteiger partial charge in [0.05, 0.1) is 12.1 Å². The van der Waals surface area contributed by atoms with Gasteiger partial charge in [0.25, 0.3) is 5.91 Å². The third kappa shape index (κ3) is 3.55. The molecule has 4 rings (SSSR count). The summed E-state index contributed by atoms with van der Waals surface area (Å²) in [5.41, 5.74) is 2.81. The second-order valence-electron chi connectivity index (χ2n) is 7.99. The van der Waals surface area contributed by atoms with Gasteiger partial charge in [-0.1, -0.05) is 66.2 Å². The van der Waals surface area contributed by atoms with Gasteiger partial charge >= 0.3 is 0 Å². The number of Topliss-reactive ketones (excluding diaryl/α,β-unsaturated/α-hetero) is 1. The van der Waals surface area contributed by atoms with Gasteiger partial charge in [-0.15, -0.1) is 0 Å². The fourth-order valence-electron chi connectivity index (χ4n) is 4.15. The third-order valence-corrected chi connectivity index (χ3v) is 5.82. The first-order valence-corrected chi connectivity index (χ1v) is 10.2. The van der Waals surface area contributed by atoms with Crippen LogP contribution in [0.5, 0.6) is 0 Å². The van der Waals surface area contributed by atoms with E-state index in [0.717, 1.165) is 16.7 Å². The molecule has 0 bridgehead atoms. The standard InChI is InChI=1S/C26H25NO3/c1-18-12-13-19(2)21(16-18)24(28)17-26(30)22-10-6-7-11-23(22)27(25(26)29)15-14-20-8-4-3-5-9-20/h3-13,16,30H,14-15,17H2,1-2H3/t26-/m1/s1. The van der Waals surface area contributed by atoms with Crippen molar-refractivity contribution in [3.05, 3.63) is 101 Å². The van der Waals surface area contributed by atoms with Gasteiger partial charge in [0, 0.05) is 17.7 Å². The Morgan fingerprint density at radius 2 is 1.67 bits per heavy atom. The van der Waals surface area contributed by atoms with Crippen LogP contribution >= 0.6 is 0 Å². The quantitative estimate of drug-likeness (QED) is 0.627. The maximum absolute atomic E-state index is 13.3. The Hall–Kier alpha value is -3.24. The summed E-state index contributed by atoms with van der Waals surface area (Å²) in [4.78, 5) is 28.0. The van der Waals surface area contributed by atoms with Crippen molar-refractivity contribution in [1.29, 1.82) is 0 Å². The molecule has 4 heteroatoms. The number of benzene rings is 3. The number of anilines is 1. The molecule has 0 fully saturated rings. The van der Waals surface area contributed by atoms with E-state index in [1.807, 2.05) is 74.5 Å². The lowest BCUT2D eigenvalue weighted by Crippen LogP contribution is -2.42. The fourth-order valence-corrected chi connectivity index (χ4v) is 4.15. The molecule has 0 aliphatic carbocycles. The Morgan fingerprint density at radius 3 is 2.43 bits per heavy atom. The summed E-state index contributed by atoms with van der Waals surface area (Å²) >= 11 is 0. The Balaban J connectivity index is 1.63. The zero-order chi connectivity index (χ0) is 21.3. The molecule has 4 nitrogen and oxygen atoms in total. The molecule has 0 aromatic heterocycles. The van der Waals surface area contributed by atoms with E-state index in [2.05, 4.69) is 0 Å². The Labute approximate surface area is 176 Å². The van der Waals surface area contributed by atoms with Crippen molar-refractivity contribution in [2.75, 3.05) is 11.4 Å². The zero-order valence-corrected chi connectivity index (χ0v) is 17.3. The minimum Gasteiger partial charge on any atom is -0.375 e. The first-order valence-electron chi connectivity index (χ1n) is 10.2. The third-order valence-electron chi connectivity index (χ3n) is 5.82. The molecular weight excluding hydrogens is 374 g/mol. The number of para-hydroxylation sites is 1. The number of amides is 1. The number of hydrogen-bond acceptors (Lipinski definition) is 3. The van der Waals surface area contributed by atoms with Crippen molar-refractivity contribution in [2.24, 2.45) is 0 Å². The molecule has 152 valence electrons. The lowest BCUT2D eigenvalue weighted by Gasteiger charge is -2.23. The van der Waals surface area contributed by atoms with E-state index in [9.17, 15) is 14.7 Å². The molecule has 1 aliphatic heterocycles. The number of ketones is 1. The largest absolute Gasteiger partial charge is 0.375 e. The van der Waals surface area contributed by atoms with Gasteiger partial charge in [0.2, 0.25) is 0 Å². The van der Waals surface area contributed by atoms with E-state index in [1.165, 1.54) is 0 Å². The molecule has 0 saturated heterocycles. The summed E-state index contributed by atoms with van der Waals surface area (Å²) in [6.07, 6.45) is 0.400. The molecule has 0 unspecified atom stereocenters. The van der Waals surface area contributed by atoms with Crippen molar-refractivity contribution in [3.63, 3.8) is 0 Å². The summed E-state index contributed by atoms with van der Waals surface area (Å²) in [5, 5.41) is 11.5. The average molecular weight is 399 g/mol. The highest BCUT2D eigenvalue weighted by molar-refractivity contribution is 6.11. The second kappa shape index (κ2) is 7.88. The van der Waals surface area contributed by atoms with Crippen LogP contribution < -0.4 is 4.90 Å². The van der Waals surface area contributed by atoms with Gasteiger partial charge in [-0.2, -0.15) is 0 Å². The molecule has 0 spiro atoms. The Bertz CT molecular complexity index is 1110. The number of aliphatic hydroxyl groups is 1. The second-order valence-corrected chi connectivity index (χ2v) is 7.99. The maximum atomic E-state index is 13.3. The number of carbonyl (C=O) groups is 2. The Kier molecular flexibility index (Phi) is 5.27. The van der Waals surface area contributed by atoms with Gasteiger partial charge in [0.15, 0.2) is 11.4 Å². The van der Waals surface area contributed by atoms with Crippen LogP contribution in [0.2, 0.25) is 0 Å². The average Bonchev–Trinajstić information content (AvgIpc) is 2.96. The molecule has 30 heavy (non-hydrogen) atoms. The van der Waals surface area contributed by atoms with Gasteiger partial charge < -0.3 is 10.0 Å². The Morgan fingerprint density at radius 1 is 0.967 bits per heavy atom. The molecular formula is C26H25NO3. The highest BCUT2D eigenvalue weighted by Gasteiger charge is 2.50. The predicted molar refractivity (Wildman–Crippen MR) is 118 cm³/mol. The fraction of sp³-hybridized carbons (Fsp3) is 0.231. The van der Waals surface area contributed by atoms with E-state index in [4.69, 9.17) is 0 Å². The van der Waals surface area contributed by atoms with Crippen LogP contribution in [-0.4, -0.2) is 23.3 Å². The van der Waals surface area contributed by atoms with Crippen LogP contribution in [0.3, 0.4) is 0 Å². The number of rotatable bonds is 6. The van der Waals surface area contributed by atoms with E-state index in [0.29, 0.717) is 29.8 Å². The van der Waals surface area contributed by atoms with Gasteiger partial charge in [0.1, 0.15) is 0 Å². The molecule has 0 saturated carbocycles. The van der Waals surface area contributed by atoms with E-state index >= 15 is 0 Å². The minimum atomic E-state index is -1.85. The van der Waals surface area contributed by atoms with Gasteiger partial charge in [-0.3, -0.25) is 9.59 Å². The molecule has 1 atom stereocenters. The number of fused-ring (bicyclic) bond motifs is 1. The van der Waals surface area contributed by atoms with Crippen molar-refractivity contribution < 1.29 is 14.7 Å². The topological polar surface area (TPSA) is 57.6 Å². The van der Waals surface area contributed by atoms with E-state index in [-0.39, 0.29) is 12.2 Å². The van der Waals surface area contributed by atoms with Crippen molar-refractivity contribution >= 4 is 17.4 Å². The maximum Gasteiger partial charge on any atom is 0.264 e. The summed E-state index contributed by atoms with van der Waals surface area (Å²) < 4.78 is 0. The molecule has 1 N–H and O–H groups in total. The molecule has 3 aromatic carbocycles. The SMILES string of the molecule is Cc1ccc(C)c(C(=O)C[C@]2(O)C(=O)N(CCc3ccccc3)c3ccccc32)c1. The van der Waals surface area contributed by atoms with Crippen molar-refractivity contribution in [1.82, 2.24) is 0 Å². The lowest BCUT2D eigenvalue weighted by molar-refractivity contribution is -0.135. The molecule has 1 amide bonds. The van der Waals surface area contributed by atoms with Crippen LogP contribution in [0.1, 0.15) is 39.0 Å². The normalized spacial score (nSPS) is 17.8. The monoisotopic (exact) mass is 399 g/mol. The first kappa shape index (κ1) is 20.0. The van der Waals surface area contributed by atoms with Crippen LogP contribution in [0.4, 0.5) is 5.69 Å². The molecule has 1 heterocycles. The van der Waals surface area contributed by atoms with Crippen molar-refractivity contribution in [3.8, 4) is 0 Å². The first-order chi connectivity index (χ1) is 14.4. The van der Waals surface area contributed by atoms with Crippen LogP contribution in [0.25, 0.3) is 0 Å². The van der Waals surface area contributed by atoms with Crippen LogP contribution in [0.15, 0.2) is 72.8 Å². The highest BCUT2D eigenvalue weighted by Crippen LogP contribution is 2.43. The molecule has 0 radical (unpaired) electrons. The van der Waals surface area contributed by atoms with Crippen molar-refractivity contribution in [2.45, 2.75) is 32.3 Å². The number of nitrogens with zero attached hydrogens (tertiary/aromatic N) is 1. The number of aryl methyl sites for hydroxylation is 2. The lowest BCUT2D eigenvalue weighted by atomic mass is 9.87. The van der Waals surface area contributed by atoms with E-state index < -0.39 is 11.5 Å². The van der Waals surface area contributed by atoms with Gasteiger partial charge in [-0.05, 0) is 43.5 Å². The summed E-state index contributed by atoms with van der Waals surface area (Å²) in [6, 6.07) is 22.8. The smallest absolute Gasteiger partial charge is 0.264 e. The van der Waals surface area contributed by atoms with Crippen LogP contribution in [-0.2, 0) is 16.8 Å². The molecule has 3 aromatic rings. The predicted octanol–water partition coefficient (Wildman–Crippen LogP) is 4.35. The summed E-state index contributed by atoms with van der Waals surface area (Å²) in [7, 11) is 0. The van der Waals surface area contributed by atoms with Crippen LogP contribution in [0, 0.1) is 13.8 Å². The summed E-state index contributed by atoms with van der Waals surface area (Å²) in [5.74, 6) is -0.662. The molecule has 1 aliphatic rings. The highest BCUT2D eigenvalue weighted by atomic mass is 16.3. The zero-order valence-electron chi connectivity index (χ0n) is 17.3. The van der Waals surface area contributed by atoms with Gasteiger partial charge in [-0.25, -0.2) is 0 Å². The minimum absolute atomic E-state index is 0.230. The number of carbonyl (C=O) groups excluding carboxylic acids is 2.